The Balaban J connectivity index is 1.78. The van der Waals surface area contributed by atoms with E-state index in [1.165, 1.54) is 11.1 Å². The molecule has 0 aliphatic rings. The van der Waals surface area contributed by atoms with Gasteiger partial charge in [-0.05, 0) is 49.1 Å². The summed E-state index contributed by atoms with van der Waals surface area (Å²) in [7, 11) is 0. The number of halogens is 3. The van der Waals surface area contributed by atoms with Crippen LogP contribution in [-0.4, -0.2) is 25.5 Å². The molecule has 1 amide bonds. The van der Waals surface area contributed by atoms with Crippen LogP contribution < -0.4 is 5.32 Å². The average molecular weight is 560 g/mol. The Morgan fingerprint density at radius 3 is 2.44 bits per heavy atom. The number of benzene rings is 3. The standard InChI is InChI=1S/C27H25Cl3N4OS/c1-17-7-6-10-20(13-17)16-36-27-33-32-25(34(27)23-15-21(28)12-11-18(23)2)22(31-26(35)24(29)30)14-19-8-4-3-5-9-19/h3-13,15,22,24H,14,16H2,1-2H3,(H,31,35). The highest BCUT2D eigenvalue weighted by Gasteiger charge is 2.27. The van der Waals surface area contributed by atoms with Gasteiger partial charge in [0, 0.05) is 10.8 Å². The van der Waals surface area contributed by atoms with Crippen molar-refractivity contribution in [3.05, 3.63) is 106 Å². The van der Waals surface area contributed by atoms with E-state index in [1.807, 2.05) is 66.1 Å². The number of rotatable bonds is 9. The molecular weight excluding hydrogens is 535 g/mol. The van der Waals surface area contributed by atoms with Gasteiger partial charge in [-0.2, -0.15) is 0 Å². The van der Waals surface area contributed by atoms with Crippen molar-refractivity contribution >= 4 is 52.5 Å². The third-order valence-corrected chi connectivity index (χ3v) is 7.26. The molecule has 0 saturated heterocycles. The molecular formula is C27H25Cl3N4OS. The van der Waals surface area contributed by atoms with Crippen molar-refractivity contribution in [2.45, 2.75) is 42.1 Å². The van der Waals surface area contributed by atoms with Crippen LogP contribution in [-0.2, 0) is 17.0 Å². The maximum absolute atomic E-state index is 12.6. The predicted molar refractivity (Wildman–Crippen MR) is 148 cm³/mol. The Bertz CT molecular complexity index is 1340. The molecule has 1 atom stereocenters. The molecule has 1 heterocycles. The lowest BCUT2D eigenvalue weighted by atomic mass is 10.0. The molecule has 5 nitrogen and oxygen atoms in total. The summed E-state index contributed by atoms with van der Waals surface area (Å²) in [6.07, 6.45) is 0.480. The lowest BCUT2D eigenvalue weighted by Crippen LogP contribution is -2.35. The number of hydrogen-bond acceptors (Lipinski definition) is 4. The van der Waals surface area contributed by atoms with Crippen molar-refractivity contribution in [1.29, 1.82) is 0 Å². The van der Waals surface area contributed by atoms with Crippen LogP contribution in [0.15, 0.2) is 78.0 Å². The SMILES string of the molecule is Cc1cccc(CSc2nnc(C(Cc3ccccc3)NC(=O)C(Cl)Cl)n2-c2cc(Cl)ccc2C)c1. The van der Waals surface area contributed by atoms with Crippen LogP contribution >= 0.6 is 46.6 Å². The number of amides is 1. The summed E-state index contributed by atoms with van der Waals surface area (Å²) >= 11 is 19.7. The first-order valence-electron chi connectivity index (χ1n) is 11.3. The van der Waals surface area contributed by atoms with Gasteiger partial charge in [0.1, 0.15) is 0 Å². The highest BCUT2D eigenvalue weighted by atomic mass is 35.5. The molecule has 0 spiro atoms. The van der Waals surface area contributed by atoms with Crippen LogP contribution in [0.2, 0.25) is 5.02 Å². The summed E-state index contributed by atoms with van der Waals surface area (Å²) in [6, 6.07) is 23.4. The minimum Gasteiger partial charge on any atom is -0.343 e. The van der Waals surface area contributed by atoms with Crippen molar-refractivity contribution in [3.8, 4) is 5.69 Å². The maximum Gasteiger partial charge on any atom is 0.253 e. The van der Waals surface area contributed by atoms with Crippen LogP contribution in [0.25, 0.3) is 5.69 Å². The van der Waals surface area contributed by atoms with Gasteiger partial charge >= 0.3 is 0 Å². The largest absolute Gasteiger partial charge is 0.343 e. The van der Waals surface area contributed by atoms with E-state index >= 15 is 0 Å². The van der Waals surface area contributed by atoms with Crippen LogP contribution in [0.1, 0.15) is 34.1 Å². The summed E-state index contributed by atoms with van der Waals surface area (Å²) in [4.78, 5) is 11.4. The molecule has 0 saturated carbocycles. The minimum atomic E-state index is -1.21. The molecule has 4 rings (SSSR count). The molecule has 1 unspecified atom stereocenters. The van der Waals surface area contributed by atoms with Gasteiger partial charge in [0.2, 0.25) is 0 Å². The van der Waals surface area contributed by atoms with E-state index in [4.69, 9.17) is 34.8 Å². The monoisotopic (exact) mass is 558 g/mol. The van der Waals surface area contributed by atoms with Crippen LogP contribution in [0.3, 0.4) is 0 Å². The van der Waals surface area contributed by atoms with E-state index in [0.717, 1.165) is 16.8 Å². The minimum absolute atomic E-state index is 0.480. The third kappa shape index (κ3) is 6.62. The molecule has 0 radical (unpaired) electrons. The normalized spacial score (nSPS) is 12.1. The lowest BCUT2D eigenvalue weighted by molar-refractivity contribution is -0.120. The molecule has 0 bridgehead atoms. The molecule has 4 aromatic rings. The molecule has 0 aliphatic heterocycles. The summed E-state index contributed by atoms with van der Waals surface area (Å²) < 4.78 is 1.97. The first kappa shape index (κ1) is 26.6. The van der Waals surface area contributed by atoms with Gasteiger partial charge in [-0.1, -0.05) is 113 Å². The van der Waals surface area contributed by atoms with Gasteiger partial charge in [0.25, 0.3) is 5.91 Å². The zero-order valence-electron chi connectivity index (χ0n) is 19.8. The first-order chi connectivity index (χ1) is 17.3. The van der Waals surface area contributed by atoms with Gasteiger partial charge in [0.05, 0.1) is 11.7 Å². The number of carbonyl (C=O) groups excluding carboxylic acids is 1. The molecule has 186 valence electrons. The molecule has 36 heavy (non-hydrogen) atoms. The number of nitrogens with one attached hydrogen (secondary N) is 1. The number of alkyl halides is 2. The van der Waals surface area contributed by atoms with E-state index in [1.54, 1.807) is 11.8 Å². The van der Waals surface area contributed by atoms with Gasteiger partial charge in [0.15, 0.2) is 15.8 Å². The highest BCUT2D eigenvalue weighted by Crippen LogP contribution is 2.31. The summed E-state index contributed by atoms with van der Waals surface area (Å²) in [6.45, 7) is 4.07. The summed E-state index contributed by atoms with van der Waals surface area (Å²) in [5.74, 6) is 0.782. The fourth-order valence-electron chi connectivity index (χ4n) is 3.89. The average Bonchev–Trinajstić information content (AvgIpc) is 3.28. The fourth-order valence-corrected chi connectivity index (χ4v) is 5.08. The highest BCUT2D eigenvalue weighted by molar-refractivity contribution is 7.98. The third-order valence-electron chi connectivity index (χ3n) is 5.63. The Morgan fingerprint density at radius 1 is 0.972 bits per heavy atom. The Labute approximate surface area is 230 Å². The zero-order valence-corrected chi connectivity index (χ0v) is 22.9. The molecule has 0 fully saturated rings. The molecule has 3 aromatic carbocycles. The maximum atomic E-state index is 12.6. The van der Waals surface area contributed by atoms with Gasteiger partial charge in [-0.3, -0.25) is 9.36 Å². The molecule has 1 aromatic heterocycles. The zero-order chi connectivity index (χ0) is 25.7. The van der Waals surface area contributed by atoms with Crippen molar-refractivity contribution in [2.75, 3.05) is 0 Å². The number of carbonyl (C=O) groups is 1. The van der Waals surface area contributed by atoms with Crippen LogP contribution in [0.5, 0.6) is 0 Å². The van der Waals surface area contributed by atoms with Crippen molar-refractivity contribution < 1.29 is 4.79 Å². The first-order valence-corrected chi connectivity index (χ1v) is 13.6. The second kappa shape index (κ2) is 12.2. The summed E-state index contributed by atoms with van der Waals surface area (Å²) in [5, 5.41) is 13.3. The van der Waals surface area contributed by atoms with E-state index in [0.29, 0.717) is 28.2 Å². The van der Waals surface area contributed by atoms with E-state index in [2.05, 4.69) is 40.6 Å². The molecule has 1 N–H and O–H groups in total. The van der Waals surface area contributed by atoms with Crippen molar-refractivity contribution in [1.82, 2.24) is 20.1 Å². The van der Waals surface area contributed by atoms with E-state index in [-0.39, 0.29) is 0 Å². The predicted octanol–water partition coefficient (Wildman–Crippen LogP) is 7.03. The lowest BCUT2D eigenvalue weighted by Gasteiger charge is -2.21. The van der Waals surface area contributed by atoms with Gasteiger partial charge < -0.3 is 5.32 Å². The Kier molecular flexibility index (Phi) is 8.96. The van der Waals surface area contributed by atoms with E-state index in [9.17, 15) is 4.79 Å². The number of aryl methyl sites for hydroxylation is 2. The summed E-state index contributed by atoms with van der Waals surface area (Å²) in [5.41, 5.74) is 5.24. The van der Waals surface area contributed by atoms with Crippen LogP contribution in [0.4, 0.5) is 0 Å². The number of hydrogen-bond donors (Lipinski definition) is 1. The number of thioether (sulfide) groups is 1. The van der Waals surface area contributed by atoms with Crippen molar-refractivity contribution in [2.24, 2.45) is 0 Å². The second-order valence-corrected chi connectivity index (χ2v) is 10.9. The fraction of sp³-hybridized carbons (Fsp3) is 0.222. The van der Waals surface area contributed by atoms with E-state index < -0.39 is 16.8 Å². The second-order valence-electron chi connectivity index (χ2n) is 8.44. The van der Waals surface area contributed by atoms with Crippen LogP contribution in [0, 0.1) is 13.8 Å². The topological polar surface area (TPSA) is 59.8 Å². The number of aromatic nitrogens is 3. The Hall–Kier alpha value is -2.51. The van der Waals surface area contributed by atoms with Gasteiger partial charge in [-0.25, -0.2) is 0 Å². The quantitative estimate of drug-likeness (QED) is 0.177. The van der Waals surface area contributed by atoms with Crippen molar-refractivity contribution in [3.63, 3.8) is 0 Å². The molecule has 0 aliphatic carbocycles. The smallest absolute Gasteiger partial charge is 0.253 e. The number of nitrogens with zero attached hydrogens (tertiary/aromatic N) is 3. The Morgan fingerprint density at radius 2 is 1.72 bits per heavy atom. The van der Waals surface area contributed by atoms with Gasteiger partial charge in [-0.15, -0.1) is 10.2 Å². The molecule has 9 heteroatoms.